The third-order valence-corrected chi connectivity index (χ3v) is 8.39. The SMILES string of the molecule is c1ccc(-c2nc(-c3ccccc3)nc(-c3ccc(-c4cccc5c4oc4ccc6cccnc6c45)c4ccccc34)n2)cc1. The van der Waals surface area contributed by atoms with Crippen molar-refractivity contribution < 1.29 is 4.42 Å². The molecule has 9 aromatic rings. The van der Waals surface area contributed by atoms with Crippen LogP contribution >= 0.6 is 0 Å². The van der Waals surface area contributed by atoms with Gasteiger partial charge in [0.05, 0.1) is 10.9 Å². The molecule has 210 valence electrons. The number of furan rings is 1. The van der Waals surface area contributed by atoms with Crippen LogP contribution in [0.1, 0.15) is 0 Å². The summed E-state index contributed by atoms with van der Waals surface area (Å²) in [5.41, 5.74) is 7.56. The van der Waals surface area contributed by atoms with Gasteiger partial charge in [-0.1, -0.05) is 115 Å². The number of hydrogen-bond acceptors (Lipinski definition) is 5. The molecule has 5 nitrogen and oxygen atoms in total. The number of rotatable bonds is 4. The maximum atomic E-state index is 6.57. The molecule has 0 aliphatic heterocycles. The second-order valence-corrected chi connectivity index (χ2v) is 11.0. The molecule has 9 rings (SSSR count). The summed E-state index contributed by atoms with van der Waals surface area (Å²) >= 11 is 0. The van der Waals surface area contributed by atoms with E-state index in [1.807, 2.05) is 79.0 Å². The number of fused-ring (bicyclic) bond motifs is 6. The van der Waals surface area contributed by atoms with Crippen molar-refractivity contribution in [1.29, 1.82) is 0 Å². The van der Waals surface area contributed by atoms with E-state index in [0.717, 1.165) is 71.4 Å². The van der Waals surface area contributed by atoms with Crippen LogP contribution in [0, 0.1) is 0 Å². The molecule has 0 saturated heterocycles. The summed E-state index contributed by atoms with van der Waals surface area (Å²) in [6, 6.07) is 47.3. The maximum absolute atomic E-state index is 6.57. The number of para-hydroxylation sites is 1. The van der Waals surface area contributed by atoms with E-state index in [9.17, 15) is 0 Å². The summed E-state index contributed by atoms with van der Waals surface area (Å²) in [5.74, 6) is 1.91. The fraction of sp³-hybridized carbons (Fsp3) is 0. The molecule has 0 N–H and O–H groups in total. The van der Waals surface area contributed by atoms with E-state index >= 15 is 0 Å². The summed E-state index contributed by atoms with van der Waals surface area (Å²) in [6.45, 7) is 0. The van der Waals surface area contributed by atoms with Crippen LogP contribution in [0.5, 0.6) is 0 Å². The van der Waals surface area contributed by atoms with Gasteiger partial charge in [0.15, 0.2) is 17.5 Å². The number of aromatic nitrogens is 4. The van der Waals surface area contributed by atoms with Crippen molar-refractivity contribution in [3.63, 3.8) is 0 Å². The quantitative estimate of drug-likeness (QED) is 0.209. The van der Waals surface area contributed by atoms with Crippen LogP contribution in [0.3, 0.4) is 0 Å². The maximum Gasteiger partial charge on any atom is 0.164 e. The summed E-state index contributed by atoms with van der Waals surface area (Å²) < 4.78 is 6.57. The van der Waals surface area contributed by atoms with Crippen molar-refractivity contribution in [2.24, 2.45) is 0 Å². The lowest BCUT2D eigenvalue weighted by molar-refractivity contribution is 0.670. The molecule has 0 unspecified atom stereocenters. The largest absolute Gasteiger partial charge is 0.455 e. The van der Waals surface area contributed by atoms with Gasteiger partial charge in [0.1, 0.15) is 11.2 Å². The first-order valence-corrected chi connectivity index (χ1v) is 14.9. The molecule has 3 aromatic heterocycles. The first kappa shape index (κ1) is 25.3. The molecular weight excluding hydrogens is 552 g/mol. The fourth-order valence-corrected chi connectivity index (χ4v) is 6.30. The molecule has 0 bridgehead atoms. The topological polar surface area (TPSA) is 64.7 Å². The Kier molecular flexibility index (Phi) is 5.74. The average Bonchev–Trinajstić information content (AvgIpc) is 3.51. The molecule has 5 heteroatoms. The van der Waals surface area contributed by atoms with E-state index in [1.165, 1.54) is 0 Å². The minimum absolute atomic E-state index is 0.630. The van der Waals surface area contributed by atoms with E-state index in [2.05, 4.69) is 66.7 Å². The smallest absolute Gasteiger partial charge is 0.164 e. The second kappa shape index (κ2) is 10.2. The molecule has 0 spiro atoms. The Balaban J connectivity index is 1.27. The van der Waals surface area contributed by atoms with Gasteiger partial charge in [0.2, 0.25) is 0 Å². The van der Waals surface area contributed by atoms with E-state index in [1.54, 1.807) is 0 Å². The normalized spacial score (nSPS) is 11.6. The summed E-state index contributed by atoms with van der Waals surface area (Å²) in [7, 11) is 0. The van der Waals surface area contributed by atoms with E-state index < -0.39 is 0 Å². The molecule has 6 aromatic carbocycles. The highest BCUT2D eigenvalue weighted by molar-refractivity contribution is 6.20. The summed E-state index contributed by atoms with van der Waals surface area (Å²) in [6.07, 6.45) is 1.84. The fourth-order valence-electron chi connectivity index (χ4n) is 6.30. The van der Waals surface area contributed by atoms with Crippen LogP contribution in [0.15, 0.2) is 150 Å². The Hall–Kier alpha value is -6.20. The first-order valence-electron chi connectivity index (χ1n) is 14.9. The zero-order chi connectivity index (χ0) is 29.7. The van der Waals surface area contributed by atoms with Gasteiger partial charge in [-0.05, 0) is 40.6 Å². The van der Waals surface area contributed by atoms with Crippen molar-refractivity contribution >= 4 is 43.6 Å². The van der Waals surface area contributed by atoms with Gasteiger partial charge in [-0.25, -0.2) is 15.0 Å². The number of pyridine rings is 1. The summed E-state index contributed by atoms with van der Waals surface area (Å²) in [5, 5.41) is 5.33. The third-order valence-electron chi connectivity index (χ3n) is 8.39. The predicted octanol–water partition coefficient (Wildman–Crippen LogP) is 10.1. The van der Waals surface area contributed by atoms with E-state index in [4.69, 9.17) is 24.4 Å². The van der Waals surface area contributed by atoms with Crippen molar-refractivity contribution in [2.45, 2.75) is 0 Å². The Morgan fingerprint density at radius 1 is 0.422 bits per heavy atom. The van der Waals surface area contributed by atoms with Crippen LogP contribution in [0.4, 0.5) is 0 Å². The molecule has 0 aliphatic carbocycles. The average molecular weight is 577 g/mol. The molecule has 0 atom stereocenters. The first-order chi connectivity index (χ1) is 22.3. The standard InChI is InChI=1S/C40H24N4O/c1-3-11-26(12-4-1)38-42-39(27-13-5-2-6-14-27)44-40(43-38)32-22-21-30(28-16-7-8-17-29(28)32)31-18-9-19-33-35-34(45-37(31)33)23-20-25-15-10-24-41-36(25)35/h1-24H. The minimum Gasteiger partial charge on any atom is -0.455 e. The Labute approximate surface area is 258 Å². The lowest BCUT2D eigenvalue weighted by Crippen LogP contribution is -2.00. The van der Waals surface area contributed by atoms with Crippen LogP contribution in [-0.4, -0.2) is 19.9 Å². The van der Waals surface area contributed by atoms with Crippen molar-refractivity contribution in [3.05, 3.63) is 146 Å². The molecule has 45 heavy (non-hydrogen) atoms. The monoisotopic (exact) mass is 576 g/mol. The molecule has 0 amide bonds. The van der Waals surface area contributed by atoms with Crippen molar-refractivity contribution in [2.75, 3.05) is 0 Å². The highest BCUT2D eigenvalue weighted by Crippen LogP contribution is 2.42. The van der Waals surface area contributed by atoms with E-state index in [0.29, 0.717) is 17.5 Å². The Morgan fingerprint density at radius 2 is 1.04 bits per heavy atom. The van der Waals surface area contributed by atoms with Crippen LogP contribution in [0.25, 0.3) is 88.9 Å². The second-order valence-electron chi connectivity index (χ2n) is 11.0. The highest BCUT2D eigenvalue weighted by Gasteiger charge is 2.19. The molecule has 0 radical (unpaired) electrons. The lowest BCUT2D eigenvalue weighted by Gasteiger charge is -2.13. The Bertz CT molecular complexity index is 2480. The molecular formula is C40H24N4O. The summed E-state index contributed by atoms with van der Waals surface area (Å²) in [4.78, 5) is 19.6. The van der Waals surface area contributed by atoms with Gasteiger partial charge >= 0.3 is 0 Å². The Morgan fingerprint density at radius 3 is 1.78 bits per heavy atom. The highest BCUT2D eigenvalue weighted by atomic mass is 16.3. The predicted molar refractivity (Wildman–Crippen MR) is 182 cm³/mol. The molecule has 0 saturated carbocycles. The van der Waals surface area contributed by atoms with Crippen molar-refractivity contribution in [1.82, 2.24) is 19.9 Å². The lowest BCUT2D eigenvalue weighted by atomic mass is 9.93. The molecule has 3 heterocycles. The van der Waals surface area contributed by atoms with Gasteiger partial charge < -0.3 is 4.42 Å². The minimum atomic E-state index is 0.630. The number of hydrogen-bond donors (Lipinski definition) is 0. The van der Waals surface area contributed by atoms with Crippen molar-refractivity contribution in [3.8, 4) is 45.3 Å². The van der Waals surface area contributed by atoms with Gasteiger partial charge in [-0.15, -0.1) is 0 Å². The van der Waals surface area contributed by atoms with Gasteiger partial charge in [0, 0.05) is 39.2 Å². The number of benzene rings is 6. The number of nitrogens with zero attached hydrogens (tertiary/aromatic N) is 4. The van der Waals surface area contributed by atoms with Gasteiger partial charge in [-0.2, -0.15) is 0 Å². The zero-order valence-corrected chi connectivity index (χ0v) is 24.1. The van der Waals surface area contributed by atoms with Crippen LogP contribution in [-0.2, 0) is 0 Å². The van der Waals surface area contributed by atoms with Gasteiger partial charge in [0.25, 0.3) is 0 Å². The van der Waals surface area contributed by atoms with Crippen LogP contribution < -0.4 is 0 Å². The van der Waals surface area contributed by atoms with Gasteiger partial charge in [-0.3, -0.25) is 4.98 Å². The zero-order valence-electron chi connectivity index (χ0n) is 24.1. The molecule has 0 aliphatic rings. The molecule has 0 fully saturated rings. The van der Waals surface area contributed by atoms with Crippen LogP contribution in [0.2, 0.25) is 0 Å². The third kappa shape index (κ3) is 4.17. The van der Waals surface area contributed by atoms with E-state index in [-0.39, 0.29) is 0 Å².